The molecule has 0 aromatic carbocycles. The molecular weight excluding hydrogens is 198 g/mol. The van der Waals surface area contributed by atoms with Gasteiger partial charge in [-0.2, -0.15) is 5.10 Å². The van der Waals surface area contributed by atoms with Crippen LogP contribution in [0.4, 0.5) is 0 Å². The fourth-order valence-electron chi connectivity index (χ4n) is 1.83. The van der Waals surface area contributed by atoms with Crippen LogP contribution in [0.2, 0.25) is 0 Å². The maximum atomic E-state index is 4.44. The van der Waals surface area contributed by atoms with Gasteiger partial charge < -0.3 is 5.32 Å². The minimum Gasteiger partial charge on any atom is -0.313 e. The van der Waals surface area contributed by atoms with Crippen LogP contribution in [0.1, 0.15) is 50.8 Å². The summed E-state index contributed by atoms with van der Waals surface area (Å²) >= 11 is 0. The molecule has 1 rings (SSSR count). The van der Waals surface area contributed by atoms with Gasteiger partial charge in [0.1, 0.15) is 0 Å². The Labute approximate surface area is 99.2 Å². The molecular formula is C13H25N3. The van der Waals surface area contributed by atoms with E-state index in [-0.39, 0.29) is 0 Å². The van der Waals surface area contributed by atoms with Crippen LogP contribution in [-0.4, -0.2) is 16.3 Å². The van der Waals surface area contributed by atoms with Crippen molar-refractivity contribution < 1.29 is 0 Å². The number of unbranched alkanes of at least 4 members (excludes halogenated alkanes) is 3. The number of nitrogens with one attached hydrogen (secondary N) is 1. The van der Waals surface area contributed by atoms with Crippen molar-refractivity contribution in [3.63, 3.8) is 0 Å². The molecule has 0 radical (unpaired) electrons. The zero-order valence-corrected chi connectivity index (χ0v) is 10.9. The number of nitrogens with zero attached hydrogens (tertiary/aromatic N) is 2. The van der Waals surface area contributed by atoms with Crippen LogP contribution in [-0.2, 0) is 13.1 Å². The van der Waals surface area contributed by atoms with Gasteiger partial charge in [-0.05, 0) is 19.9 Å². The summed E-state index contributed by atoms with van der Waals surface area (Å²) < 4.78 is 2.14. The Hall–Kier alpha value is -0.830. The van der Waals surface area contributed by atoms with Crippen LogP contribution >= 0.6 is 0 Å². The Morgan fingerprint density at radius 3 is 2.75 bits per heavy atom. The smallest absolute Gasteiger partial charge is 0.0537 e. The molecule has 3 nitrogen and oxygen atoms in total. The molecule has 0 fully saturated rings. The summed E-state index contributed by atoms with van der Waals surface area (Å²) in [5.74, 6) is 0. The van der Waals surface area contributed by atoms with E-state index >= 15 is 0 Å². The summed E-state index contributed by atoms with van der Waals surface area (Å²) in [7, 11) is 0. The lowest BCUT2D eigenvalue weighted by Gasteiger charge is -2.05. The molecule has 3 heteroatoms. The van der Waals surface area contributed by atoms with Crippen molar-refractivity contribution >= 4 is 0 Å². The largest absolute Gasteiger partial charge is 0.313 e. The fraction of sp³-hybridized carbons (Fsp3) is 0.769. The number of hydrogen-bond donors (Lipinski definition) is 1. The zero-order valence-electron chi connectivity index (χ0n) is 10.9. The van der Waals surface area contributed by atoms with Gasteiger partial charge in [-0.25, -0.2) is 0 Å². The van der Waals surface area contributed by atoms with Crippen molar-refractivity contribution in [3.8, 4) is 0 Å². The van der Waals surface area contributed by atoms with Gasteiger partial charge in [-0.15, -0.1) is 0 Å². The normalized spacial score (nSPS) is 10.9. The van der Waals surface area contributed by atoms with E-state index < -0.39 is 0 Å². The van der Waals surface area contributed by atoms with Crippen LogP contribution in [0, 0.1) is 6.92 Å². The minimum atomic E-state index is 0.942. The first-order valence-corrected chi connectivity index (χ1v) is 6.51. The topological polar surface area (TPSA) is 29.9 Å². The van der Waals surface area contributed by atoms with Crippen LogP contribution in [0.25, 0.3) is 0 Å². The van der Waals surface area contributed by atoms with Crippen LogP contribution in [0.3, 0.4) is 0 Å². The van der Waals surface area contributed by atoms with E-state index in [1.807, 2.05) is 6.20 Å². The molecule has 0 unspecified atom stereocenters. The maximum absolute atomic E-state index is 4.44. The molecule has 16 heavy (non-hydrogen) atoms. The monoisotopic (exact) mass is 223 g/mol. The molecule has 0 saturated carbocycles. The Morgan fingerprint density at radius 1 is 1.25 bits per heavy atom. The molecule has 0 bridgehead atoms. The van der Waals surface area contributed by atoms with Gasteiger partial charge in [0, 0.05) is 24.3 Å². The number of aryl methyl sites for hydroxylation is 1. The first kappa shape index (κ1) is 13.2. The number of hydrogen-bond acceptors (Lipinski definition) is 2. The van der Waals surface area contributed by atoms with Crippen LogP contribution in [0.5, 0.6) is 0 Å². The molecule has 0 aliphatic heterocycles. The van der Waals surface area contributed by atoms with Crippen molar-refractivity contribution in [2.45, 2.75) is 59.5 Å². The first-order valence-electron chi connectivity index (χ1n) is 6.51. The molecule has 0 aliphatic rings. The highest BCUT2D eigenvalue weighted by atomic mass is 15.3. The van der Waals surface area contributed by atoms with Crippen molar-refractivity contribution in [3.05, 3.63) is 17.5 Å². The minimum absolute atomic E-state index is 0.942. The highest BCUT2D eigenvalue weighted by Crippen LogP contribution is 2.09. The fourth-order valence-corrected chi connectivity index (χ4v) is 1.83. The van der Waals surface area contributed by atoms with E-state index in [2.05, 4.69) is 35.9 Å². The van der Waals surface area contributed by atoms with Gasteiger partial charge in [0.15, 0.2) is 0 Å². The van der Waals surface area contributed by atoms with E-state index in [4.69, 9.17) is 0 Å². The lowest BCUT2D eigenvalue weighted by molar-refractivity contribution is 0.530. The lowest BCUT2D eigenvalue weighted by Crippen LogP contribution is -2.12. The van der Waals surface area contributed by atoms with Crippen LogP contribution in [0.15, 0.2) is 6.20 Å². The molecule has 1 aromatic heterocycles. The Balaban J connectivity index is 2.38. The Kier molecular flexibility index (Phi) is 6.16. The SMILES string of the molecule is CCCCCCn1ncc(CNCC)c1C. The molecule has 0 amide bonds. The molecule has 92 valence electrons. The van der Waals surface area contributed by atoms with Gasteiger partial charge in [-0.1, -0.05) is 33.1 Å². The van der Waals surface area contributed by atoms with Crippen molar-refractivity contribution in [2.24, 2.45) is 0 Å². The standard InChI is InChI=1S/C13H25N3/c1-4-6-7-8-9-16-12(3)13(11-15-16)10-14-5-2/h11,14H,4-10H2,1-3H3. The Bertz CT molecular complexity index is 291. The molecule has 1 aromatic rings. The molecule has 1 heterocycles. The highest BCUT2D eigenvalue weighted by molar-refractivity contribution is 5.15. The molecule has 0 spiro atoms. The average Bonchev–Trinajstić information content (AvgIpc) is 2.64. The second kappa shape index (κ2) is 7.44. The van der Waals surface area contributed by atoms with Crippen LogP contribution < -0.4 is 5.32 Å². The Morgan fingerprint density at radius 2 is 2.06 bits per heavy atom. The van der Waals surface area contributed by atoms with Gasteiger partial charge in [0.05, 0.1) is 6.20 Å². The summed E-state index contributed by atoms with van der Waals surface area (Å²) in [6, 6.07) is 0. The van der Waals surface area contributed by atoms with E-state index in [1.165, 1.54) is 36.9 Å². The predicted octanol–water partition coefficient (Wildman–Crippen LogP) is 2.88. The second-order valence-electron chi connectivity index (χ2n) is 4.32. The summed E-state index contributed by atoms with van der Waals surface area (Å²) in [4.78, 5) is 0. The maximum Gasteiger partial charge on any atom is 0.0537 e. The van der Waals surface area contributed by atoms with Crippen molar-refractivity contribution in [2.75, 3.05) is 6.54 Å². The quantitative estimate of drug-likeness (QED) is 0.687. The average molecular weight is 223 g/mol. The summed E-state index contributed by atoms with van der Waals surface area (Å²) in [6.45, 7) is 9.56. The van der Waals surface area contributed by atoms with Gasteiger partial charge in [-0.3, -0.25) is 4.68 Å². The summed E-state index contributed by atoms with van der Waals surface area (Å²) in [5, 5.41) is 7.78. The van der Waals surface area contributed by atoms with Gasteiger partial charge >= 0.3 is 0 Å². The summed E-state index contributed by atoms with van der Waals surface area (Å²) in [6.07, 6.45) is 7.20. The second-order valence-corrected chi connectivity index (χ2v) is 4.32. The third-order valence-electron chi connectivity index (χ3n) is 2.99. The summed E-state index contributed by atoms with van der Waals surface area (Å²) in [5.41, 5.74) is 2.65. The van der Waals surface area contributed by atoms with E-state index in [9.17, 15) is 0 Å². The van der Waals surface area contributed by atoms with Gasteiger partial charge in [0.25, 0.3) is 0 Å². The lowest BCUT2D eigenvalue weighted by atomic mass is 10.2. The zero-order chi connectivity index (χ0) is 11.8. The highest BCUT2D eigenvalue weighted by Gasteiger charge is 2.04. The van der Waals surface area contributed by atoms with Crippen molar-refractivity contribution in [1.29, 1.82) is 0 Å². The van der Waals surface area contributed by atoms with E-state index in [1.54, 1.807) is 0 Å². The van der Waals surface area contributed by atoms with E-state index in [0.29, 0.717) is 0 Å². The molecule has 0 atom stereocenters. The third kappa shape index (κ3) is 3.97. The number of aromatic nitrogens is 2. The third-order valence-corrected chi connectivity index (χ3v) is 2.99. The number of rotatable bonds is 8. The van der Waals surface area contributed by atoms with E-state index in [0.717, 1.165) is 19.6 Å². The molecule has 1 N–H and O–H groups in total. The molecule has 0 saturated heterocycles. The predicted molar refractivity (Wildman–Crippen MR) is 68.5 cm³/mol. The van der Waals surface area contributed by atoms with Gasteiger partial charge in [0.2, 0.25) is 0 Å². The van der Waals surface area contributed by atoms with Crippen molar-refractivity contribution in [1.82, 2.24) is 15.1 Å². The molecule has 0 aliphatic carbocycles. The first-order chi connectivity index (χ1) is 7.79.